The minimum Gasteiger partial charge on any atom is -0.457 e. The van der Waals surface area contributed by atoms with Crippen LogP contribution in [0, 0.1) is 17.3 Å². The predicted molar refractivity (Wildman–Crippen MR) is 134 cm³/mol. The van der Waals surface area contributed by atoms with E-state index in [4.69, 9.17) is 4.74 Å². The molecule has 1 aromatic heterocycles. The van der Waals surface area contributed by atoms with E-state index in [9.17, 15) is 19.8 Å². The number of carbonyl (C=O) groups excluding carboxylic acids is 2. The van der Waals surface area contributed by atoms with Crippen LogP contribution in [0.2, 0.25) is 0 Å². The molecule has 34 heavy (non-hydrogen) atoms. The van der Waals surface area contributed by atoms with E-state index in [0.29, 0.717) is 12.8 Å². The van der Waals surface area contributed by atoms with Gasteiger partial charge < -0.3 is 14.9 Å². The van der Waals surface area contributed by atoms with Crippen molar-refractivity contribution in [3.8, 4) is 0 Å². The van der Waals surface area contributed by atoms with Crippen LogP contribution in [0.3, 0.4) is 0 Å². The Bertz CT molecular complexity index is 931. The van der Waals surface area contributed by atoms with Gasteiger partial charge in [-0.3, -0.25) is 14.6 Å². The lowest BCUT2D eigenvalue weighted by molar-refractivity contribution is -0.154. The number of rotatable bonds is 2. The van der Waals surface area contributed by atoms with E-state index in [1.54, 1.807) is 27.0 Å². The Morgan fingerprint density at radius 1 is 1.21 bits per heavy atom. The van der Waals surface area contributed by atoms with Crippen molar-refractivity contribution in [1.29, 1.82) is 0 Å². The highest BCUT2D eigenvalue weighted by Crippen LogP contribution is 2.31. The summed E-state index contributed by atoms with van der Waals surface area (Å²) in [6.45, 7) is 10.6. The van der Waals surface area contributed by atoms with Crippen molar-refractivity contribution < 1.29 is 24.5 Å². The molecule has 1 aromatic rings. The summed E-state index contributed by atoms with van der Waals surface area (Å²) in [5.74, 6) is -1.78. The van der Waals surface area contributed by atoms with Crippen molar-refractivity contribution in [3.05, 3.63) is 59.5 Å². The van der Waals surface area contributed by atoms with E-state index in [1.165, 1.54) is 0 Å². The van der Waals surface area contributed by atoms with Gasteiger partial charge in [0, 0.05) is 24.5 Å². The molecule has 0 bridgehead atoms. The lowest BCUT2D eigenvalue weighted by Crippen LogP contribution is -2.45. The van der Waals surface area contributed by atoms with Gasteiger partial charge >= 0.3 is 5.97 Å². The number of cyclic esters (lactones) is 1. The van der Waals surface area contributed by atoms with Gasteiger partial charge in [-0.05, 0) is 44.1 Å². The molecule has 5 atom stereocenters. The molecular weight excluding hydrogens is 430 g/mol. The van der Waals surface area contributed by atoms with Crippen molar-refractivity contribution in [3.63, 3.8) is 0 Å². The van der Waals surface area contributed by atoms with Gasteiger partial charge in [0.25, 0.3) is 0 Å². The number of aliphatic hydroxyl groups excluding tert-OH is 2. The molecule has 1 aliphatic rings. The number of aliphatic hydroxyl groups is 2. The molecule has 0 aliphatic carbocycles. The quantitative estimate of drug-likeness (QED) is 0.483. The van der Waals surface area contributed by atoms with Crippen LogP contribution in [0.1, 0.15) is 66.5 Å². The average molecular weight is 470 g/mol. The van der Waals surface area contributed by atoms with Crippen LogP contribution >= 0.6 is 0 Å². The van der Waals surface area contributed by atoms with Gasteiger partial charge in [0.15, 0.2) is 0 Å². The molecule has 2 heterocycles. The minimum atomic E-state index is -1.24. The Kier molecular flexibility index (Phi) is 9.95. The molecule has 6 heteroatoms. The minimum absolute atomic E-state index is 0.228. The number of Topliss-reactive ketones (excluding diaryl/α,β-unsaturated/α-hetero) is 1. The fourth-order valence-corrected chi connectivity index (χ4v) is 4.07. The van der Waals surface area contributed by atoms with Crippen molar-refractivity contribution in [1.82, 2.24) is 4.98 Å². The largest absolute Gasteiger partial charge is 0.457 e. The number of carbonyl (C=O) groups is 2. The van der Waals surface area contributed by atoms with Crippen LogP contribution in [0.15, 0.2) is 53.8 Å². The smallest absolute Gasteiger partial charge is 0.309 e. The molecule has 0 aromatic carbocycles. The number of pyridine rings is 1. The molecule has 0 spiro atoms. The Labute approximate surface area is 203 Å². The topological polar surface area (TPSA) is 96.7 Å². The van der Waals surface area contributed by atoms with E-state index < -0.39 is 35.6 Å². The van der Waals surface area contributed by atoms with Crippen LogP contribution in [-0.4, -0.2) is 45.3 Å². The number of hydrogen-bond acceptors (Lipinski definition) is 6. The first-order valence-corrected chi connectivity index (χ1v) is 11.9. The second-order valence-electron chi connectivity index (χ2n) is 9.98. The first-order valence-electron chi connectivity index (χ1n) is 11.9. The van der Waals surface area contributed by atoms with Crippen molar-refractivity contribution in [2.24, 2.45) is 17.3 Å². The summed E-state index contributed by atoms with van der Waals surface area (Å²) in [7, 11) is 0. The highest BCUT2D eigenvalue weighted by Gasteiger charge is 2.42. The zero-order valence-corrected chi connectivity index (χ0v) is 21.2. The third-order valence-electron chi connectivity index (χ3n) is 6.70. The molecular formula is C28H39NO5. The third-order valence-corrected chi connectivity index (χ3v) is 6.70. The second-order valence-corrected chi connectivity index (χ2v) is 9.98. The van der Waals surface area contributed by atoms with E-state index in [0.717, 1.165) is 16.8 Å². The Balaban J connectivity index is 2.38. The molecule has 6 nitrogen and oxygen atoms in total. The monoisotopic (exact) mass is 469 g/mol. The maximum atomic E-state index is 13.1. The van der Waals surface area contributed by atoms with Gasteiger partial charge in [-0.2, -0.15) is 0 Å². The number of aromatic nitrogens is 1. The second kappa shape index (κ2) is 12.2. The number of allylic oxidation sites excluding steroid dienone is 2. The number of hydrogen-bond donors (Lipinski definition) is 2. The summed E-state index contributed by atoms with van der Waals surface area (Å²) in [5.41, 5.74) is 1.48. The van der Waals surface area contributed by atoms with E-state index >= 15 is 0 Å². The Hall–Kier alpha value is -2.57. The lowest BCUT2D eigenvalue weighted by Gasteiger charge is -2.34. The zero-order valence-electron chi connectivity index (χ0n) is 21.2. The average Bonchev–Trinajstić information content (AvgIpc) is 2.79. The number of ether oxygens (including phenoxy) is 1. The summed E-state index contributed by atoms with van der Waals surface area (Å²) in [4.78, 5) is 30.3. The number of ketones is 1. The summed E-state index contributed by atoms with van der Waals surface area (Å²) in [5, 5.41) is 21.5. The predicted octanol–water partition coefficient (Wildman–Crippen LogP) is 4.67. The first kappa shape index (κ1) is 27.7. The molecule has 0 saturated heterocycles. The molecule has 2 N–H and O–H groups in total. The maximum Gasteiger partial charge on any atom is 0.309 e. The lowest BCUT2D eigenvalue weighted by atomic mass is 9.73. The van der Waals surface area contributed by atoms with Gasteiger partial charge in [-0.15, -0.1) is 0 Å². The SMILES string of the molecule is CC1=CC[C@@H](C(C)=Cc2ccccn2)OC(=O)C[C@H](O)C(C)(C)C(=O)[C@H](C)[C@@H](O)[C@@H](C)C=CC1. The van der Waals surface area contributed by atoms with E-state index in [-0.39, 0.29) is 18.1 Å². The van der Waals surface area contributed by atoms with Gasteiger partial charge in [0.1, 0.15) is 11.9 Å². The first-order chi connectivity index (χ1) is 15.9. The van der Waals surface area contributed by atoms with Crippen LogP contribution < -0.4 is 0 Å². The summed E-state index contributed by atoms with van der Waals surface area (Å²) in [6.07, 6.45) is 7.74. The van der Waals surface area contributed by atoms with Crippen molar-refractivity contribution >= 4 is 17.8 Å². The molecule has 1 aliphatic heterocycles. The van der Waals surface area contributed by atoms with Crippen LogP contribution in [0.25, 0.3) is 6.08 Å². The molecule has 186 valence electrons. The Morgan fingerprint density at radius 2 is 1.91 bits per heavy atom. The standard InChI is InChI=1S/C28H39NO5/c1-18-10-9-11-19(2)26(32)21(4)27(33)28(5,6)24(30)17-25(31)34-23(14-13-18)20(3)16-22-12-7-8-15-29-22/h7-9,11-13,15-16,19,21,23-24,26,30,32H,10,14,17H2,1-6H3/t19-,21+,23-,24-,26-/m0/s1. The fourth-order valence-electron chi connectivity index (χ4n) is 4.07. The van der Waals surface area contributed by atoms with Gasteiger partial charge in [-0.1, -0.05) is 57.6 Å². The summed E-state index contributed by atoms with van der Waals surface area (Å²) >= 11 is 0. The highest BCUT2D eigenvalue weighted by atomic mass is 16.5. The third kappa shape index (κ3) is 7.47. The van der Waals surface area contributed by atoms with Gasteiger partial charge in [0.2, 0.25) is 0 Å². The highest BCUT2D eigenvalue weighted by molar-refractivity contribution is 5.88. The maximum absolute atomic E-state index is 13.1. The molecule has 0 radical (unpaired) electrons. The Morgan fingerprint density at radius 3 is 2.56 bits per heavy atom. The van der Waals surface area contributed by atoms with Gasteiger partial charge in [0.05, 0.1) is 29.7 Å². The van der Waals surface area contributed by atoms with Crippen LogP contribution in [0.5, 0.6) is 0 Å². The molecule has 0 amide bonds. The van der Waals surface area contributed by atoms with E-state index in [2.05, 4.69) is 4.98 Å². The number of esters is 1. The molecule has 0 saturated carbocycles. The fraction of sp³-hybridized carbons (Fsp3) is 0.536. The van der Waals surface area contributed by atoms with Crippen LogP contribution in [-0.2, 0) is 14.3 Å². The molecule has 0 fully saturated rings. The number of nitrogens with zero attached hydrogens (tertiary/aromatic N) is 1. The zero-order chi connectivity index (χ0) is 25.5. The summed E-state index contributed by atoms with van der Waals surface area (Å²) in [6, 6.07) is 5.60. The molecule has 2 rings (SSSR count). The van der Waals surface area contributed by atoms with E-state index in [1.807, 2.05) is 63.3 Å². The van der Waals surface area contributed by atoms with Crippen LogP contribution in [0.4, 0.5) is 0 Å². The van der Waals surface area contributed by atoms with Crippen molar-refractivity contribution in [2.75, 3.05) is 0 Å². The molecule has 0 unspecified atom stereocenters. The van der Waals surface area contributed by atoms with Gasteiger partial charge in [-0.25, -0.2) is 0 Å². The normalized spacial score (nSPS) is 29.9. The summed E-state index contributed by atoms with van der Waals surface area (Å²) < 4.78 is 5.78. The van der Waals surface area contributed by atoms with Crippen molar-refractivity contribution in [2.45, 2.75) is 79.1 Å².